The number of nitrogens with zero attached hydrogens (tertiary/aromatic N) is 1. The van der Waals surface area contributed by atoms with Crippen molar-refractivity contribution in [3.05, 3.63) is 57.0 Å². The maximum atomic E-state index is 11.8. The predicted octanol–water partition coefficient (Wildman–Crippen LogP) is 3.08. The lowest BCUT2D eigenvalue weighted by Crippen LogP contribution is -2.16. The van der Waals surface area contributed by atoms with Crippen LogP contribution in [0.4, 0.5) is 0 Å². The molecule has 0 bridgehead atoms. The number of rotatable bonds is 4. The highest BCUT2D eigenvalue weighted by Crippen LogP contribution is 2.15. The van der Waals surface area contributed by atoms with Crippen LogP contribution < -0.4 is 5.56 Å². The third-order valence-corrected chi connectivity index (χ3v) is 3.13. The van der Waals surface area contributed by atoms with E-state index in [4.69, 9.17) is 11.6 Å². The highest BCUT2D eigenvalue weighted by molar-refractivity contribution is 6.31. The summed E-state index contributed by atoms with van der Waals surface area (Å²) >= 11 is 6.09. The van der Waals surface area contributed by atoms with Crippen molar-refractivity contribution in [1.29, 1.82) is 0 Å². The van der Waals surface area contributed by atoms with Gasteiger partial charge in [0, 0.05) is 16.8 Å². The highest BCUT2D eigenvalue weighted by Gasteiger charge is 2.07. The van der Waals surface area contributed by atoms with E-state index in [1.807, 2.05) is 24.3 Å². The Morgan fingerprint density at radius 3 is 2.72 bits per heavy atom. The summed E-state index contributed by atoms with van der Waals surface area (Å²) in [7, 11) is 0. The Morgan fingerprint density at radius 2 is 2.06 bits per heavy atom. The molecule has 0 spiro atoms. The number of hydrogen-bond acceptors (Lipinski definition) is 1. The fraction of sp³-hybridized carbons (Fsp3) is 0.357. The molecule has 0 aliphatic rings. The molecule has 0 aliphatic heterocycles. The molecule has 0 atom stereocenters. The largest absolute Gasteiger partial charge is 0.299 e. The first kappa shape index (κ1) is 13.0. The zero-order valence-electron chi connectivity index (χ0n) is 10.6. The zero-order valence-corrected chi connectivity index (χ0v) is 11.4. The minimum absolute atomic E-state index is 0.00873. The van der Waals surface area contributed by atoms with Gasteiger partial charge in [-0.1, -0.05) is 43.6 Å². The van der Waals surface area contributed by atoms with Crippen LogP contribution in [0.3, 0.4) is 0 Å². The Morgan fingerprint density at radius 1 is 1.33 bits per heavy atom. The topological polar surface area (TPSA) is 37.8 Å². The molecule has 1 aromatic heterocycles. The van der Waals surface area contributed by atoms with Crippen molar-refractivity contribution in [3.63, 3.8) is 0 Å². The number of nitrogens with one attached hydrogen (secondary N) is 1. The van der Waals surface area contributed by atoms with Crippen LogP contribution in [0.1, 0.15) is 25.1 Å². The number of H-pyrrole nitrogens is 1. The molecule has 0 saturated heterocycles. The standard InChI is InChI=1S/C14H17ClN2O/c1-10(2)7-12-8-14(18)17(16-12)9-11-5-3-4-6-13(11)15/h3-6,8,10,16H,7,9H2,1-2H3. The van der Waals surface area contributed by atoms with Crippen LogP contribution in [-0.2, 0) is 13.0 Å². The molecule has 3 nitrogen and oxygen atoms in total. The SMILES string of the molecule is CC(C)Cc1cc(=O)n(Cc2ccccc2Cl)[nH]1. The van der Waals surface area contributed by atoms with Gasteiger partial charge in [-0.2, -0.15) is 0 Å². The number of halogens is 1. The van der Waals surface area contributed by atoms with Gasteiger partial charge in [-0.15, -0.1) is 0 Å². The molecule has 1 heterocycles. The minimum atomic E-state index is -0.00873. The molecule has 0 aliphatic carbocycles. The van der Waals surface area contributed by atoms with Gasteiger partial charge in [0.15, 0.2) is 0 Å². The molecule has 4 heteroatoms. The number of aromatic amines is 1. The summed E-state index contributed by atoms with van der Waals surface area (Å²) in [4.78, 5) is 11.8. The molecule has 0 amide bonds. The first-order valence-electron chi connectivity index (χ1n) is 6.08. The van der Waals surface area contributed by atoms with E-state index >= 15 is 0 Å². The lowest BCUT2D eigenvalue weighted by molar-refractivity contribution is 0.602. The highest BCUT2D eigenvalue weighted by atomic mass is 35.5. The summed E-state index contributed by atoms with van der Waals surface area (Å²) in [5, 5.41) is 3.82. The van der Waals surface area contributed by atoms with Crippen LogP contribution in [0.2, 0.25) is 5.02 Å². The van der Waals surface area contributed by atoms with Crippen molar-refractivity contribution in [2.75, 3.05) is 0 Å². The summed E-state index contributed by atoms with van der Waals surface area (Å²) in [6, 6.07) is 9.23. The Balaban J connectivity index is 2.22. The monoisotopic (exact) mass is 264 g/mol. The van der Waals surface area contributed by atoms with Crippen molar-refractivity contribution in [2.45, 2.75) is 26.8 Å². The van der Waals surface area contributed by atoms with E-state index in [9.17, 15) is 4.79 Å². The molecule has 2 rings (SSSR count). The van der Waals surface area contributed by atoms with Crippen molar-refractivity contribution < 1.29 is 0 Å². The van der Waals surface area contributed by atoms with Gasteiger partial charge >= 0.3 is 0 Å². The van der Waals surface area contributed by atoms with Gasteiger partial charge in [0.25, 0.3) is 5.56 Å². The summed E-state index contributed by atoms with van der Waals surface area (Å²) < 4.78 is 1.60. The minimum Gasteiger partial charge on any atom is -0.299 e. The molecule has 1 N–H and O–H groups in total. The fourth-order valence-electron chi connectivity index (χ4n) is 1.95. The molecule has 0 saturated carbocycles. The van der Waals surface area contributed by atoms with Crippen LogP contribution in [0.15, 0.2) is 35.1 Å². The van der Waals surface area contributed by atoms with Gasteiger partial charge in [-0.05, 0) is 24.0 Å². The number of benzene rings is 1. The normalized spacial score (nSPS) is 11.1. The number of aromatic nitrogens is 2. The Labute approximate surface area is 111 Å². The molecule has 1 aromatic carbocycles. The Bertz CT molecular complexity index is 583. The van der Waals surface area contributed by atoms with Crippen molar-refractivity contribution in [3.8, 4) is 0 Å². The van der Waals surface area contributed by atoms with Crippen LogP contribution in [0.25, 0.3) is 0 Å². The third kappa shape index (κ3) is 3.05. The van der Waals surface area contributed by atoms with Crippen LogP contribution in [0.5, 0.6) is 0 Å². The molecule has 0 radical (unpaired) electrons. The summed E-state index contributed by atoms with van der Waals surface area (Å²) in [5.41, 5.74) is 1.91. The van der Waals surface area contributed by atoms with Crippen molar-refractivity contribution in [1.82, 2.24) is 9.78 Å². The fourth-order valence-corrected chi connectivity index (χ4v) is 2.14. The molecule has 18 heavy (non-hydrogen) atoms. The molecule has 0 unspecified atom stereocenters. The average molecular weight is 265 g/mol. The van der Waals surface area contributed by atoms with Gasteiger partial charge < -0.3 is 0 Å². The van der Waals surface area contributed by atoms with Gasteiger partial charge in [0.1, 0.15) is 0 Å². The smallest absolute Gasteiger partial charge is 0.267 e. The second-order valence-electron chi connectivity index (χ2n) is 4.90. The Kier molecular flexibility index (Phi) is 3.92. The second kappa shape index (κ2) is 5.44. The van der Waals surface area contributed by atoms with E-state index in [1.54, 1.807) is 10.7 Å². The van der Waals surface area contributed by atoms with Crippen LogP contribution in [-0.4, -0.2) is 9.78 Å². The molecular formula is C14H17ClN2O. The summed E-state index contributed by atoms with van der Waals surface area (Å²) in [6.45, 7) is 4.74. The predicted molar refractivity (Wildman–Crippen MR) is 74.1 cm³/mol. The number of hydrogen-bond donors (Lipinski definition) is 1. The van der Waals surface area contributed by atoms with E-state index in [2.05, 4.69) is 18.9 Å². The van der Waals surface area contributed by atoms with Crippen molar-refractivity contribution in [2.24, 2.45) is 5.92 Å². The molecule has 96 valence electrons. The van der Waals surface area contributed by atoms with Gasteiger partial charge in [0.2, 0.25) is 0 Å². The second-order valence-corrected chi connectivity index (χ2v) is 5.30. The quantitative estimate of drug-likeness (QED) is 0.905. The summed E-state index contributed by atoms with van der Waals surface area (Å²) in [5.74, 6) is 0.525. The van der Waals surface area contributed by atoms with Gasteiger partial charge in [0.05, 0.1) is 6.54 Å². The van der Waals surface area contributed by atoms with Crippen LogP contribution >= 0.6 is 11.6 Å². The van der Waals surface area contributed by atoms with E-state index in [-0.39, 0.29) is 5.56 Å². The third-order valence-electron chi connectivity index (χ3n) is 2.76. The van der Waals surface area contributed by atoms with Crippen LogP contribution in [0, 0.1) is 5.92 Å². The van der Waals surface area contributed by atoms with E-state index in [1.165, 1.54) is 0 Å². The van der Waals surface area contributed by atoms with Crippen molar-refractivity contribution >= 4 is 11.6 Å². The molecular weight excluding hydrogens is 248 g/mol. The maximum absolute atomic E-state index is 11.8. The Hall–Kier alpha value is -1.48. The zero-order chi connectivity index (χ0) is 13.1. The first-order valence-corrected chi connectivity index (χ1v) is 6.46. The lowest BCUT2D eigenvalue weighted by atomic mass is 10.1. The maximum Gasteiger partial charge on any atom is 0.267 e. The summed E-state index contributed by atoms with van der Waals surface area (Å²) in [6.07, 6.45) is 0.880. The van der Waals surface area contributed by atoms with E-state index < -0.39 is 0 Å². The van der Waals surface area contributed by atoms with E-state index in [0.29, 0.717) is 17.5 Å². The van der Waals surface area contributed by atoms with Gasteiger partial charge in [-0.3, -0.25) is 9.89 Å². The lowest BCUT2D eigenvalue weighted by Gasteiger charge is -2.05. The van der Waals surface area contributed by atoms with Gasteiger partial charge in [-0.25, -0.2) is 4.68 Å². The molecule has 2 aromatic rings. The first-order chi connectivity index (χ1) is 8.56. The average Bonchev–Trinajstić information content (AvgIpc) is 2.61. The van der Waals surface area contributed by atoms with E-state index in [0.717, 1.165) is 17.7 Å². The molecule has 0 fully saturated rings.